The van der Waals surface area contributed by atoms with Gasteiger partial charge in [0.2, 0.25) is 11.8 Å². The van der Waals surface area contributed by atoms with Crippen molar-refractivity contribution < 1.29 is 19.2 Å². The Morgan fingerprint density at radius 2 is 1.00 bits per heavy atom. The molecule has 0 saturated carbocycles. The molecule has 2 saturated heterocycles. The average Bonchev–Trinajstić information content (AvgIpc) is 2.87. The molecule has 0 unspecified atom stereocenters. The van der Waals surface area contributed by atoms with Crippen LogP contribution in [-0.4, -0.2) is 23.6 Å². The molecule has 6 heteroatoms. The minimum absolute atomic E-state index is 0.00348. The van der Waals surface area contributed by atoms with E-state index in [1.165, 1.54) is 24.3 Å². The van der Waals surface area contributed by atoms with Gasteiger partial charge in [0.15, 0.2) is 0 Å². The third kappa shape index (κ3) is 1.96. The van der Waals surface area contributed by atoms with Crippen molar-refractivity contribution in [2.75, 3.05) is 9.80 Å². The number of hydrogen-bond acceptors (Lipinski definition) is 4. The first-order chi connectivity index (χ1) is 10.4. The lowest BCUT2D eigenvalue weighted by atomic mass is 10.2. The third-order valence-electron chi connectivity index (χ3n) is 3.61. The molecule has 1 aromatic carbocycles. The highest BCUT2D eigenvalue weighted by molar-refractivity contribution is 6.29. The number of carbonyl (C=O) groups excluding carboxylic acids is 4. The van der Waals surface area contributed by atoms with Crippen LogP contribution in [0.1, 0.15) is 12.8 Å². The van der Waals surface area contributed by atoms with Crippen molar-refractivity contribution in [2.24, 2.45) is 0 Å². The van der Waals surface area contributed by atoms with Gasteiger partial charge in [-0.1, -0.05) is 13.2 Å². The standard InChI is InChI=1S/C16H12N2O4/c1-9-7-13(19)17(15(9)21)11-3-5-12(6-4-11)18-14(20)8-10(2)16(18)22/h3-6H,1-2,7-8H2. The lowest BCUT2D eigenvalue weighted by Crippen LogP contribution is -2.30. The van der Waals surface area contributed by atoms with Gasteiger partial charge >= 0.3 is 0 Å². The Kier molecular flexibility index (Phi) is 3.02. The van der Waals surface area contributed by atoms with E-state index in [1.54, 1.807) is 0 Å². The summed E-state index contributed by atoms with van der Waals surface area (Å²) in [6.45, 7) is 7.10. The molecule has 2 aliphatic heterocycles. The van der Waals surface area contributed by atoms with Crippen LogP contribution in [0, 0.1) is 0 Å². The van der Waals surface area contributed by atoms with Crippen molar-refractivity contribution in [2.45, 2.75) is 12.8 Å². The number of carbonyl (C=O) groups is 4. The smallest absolute Gasteiger partial charge is 0.260 e. The number of imide groups is 2. The van der Waals surface area contributed by atoms with Gasteiger partial charge in [-0.05, 0) is 24.3 Å². The normalized spacial score (nSPS) is 18.9. The Balaban J connectivity index is 1.91. The van der Waals surface area contributed by atoms with E-state index in [0.29, 0.717) is 11.4 Å². The highest BCUT2D eigenvalue weighted by atomic mass is 16.2. The van der Waals surface area contributed by atoms with Crippen molar-refractivity contribution in [3.63, 3.8) is 0 Å². The summed E-state index contributed by atoms with van der Waals surface area (Å²) in [6.07, 6.45) is 0.00696. The van der Waals surface area contributed by atoms with Crippen LogP contribution in [0.2, 0.25) is 0 Å². The van der Waals surface area contributed by atoms with E-state index in [9.17, 15) is 19.2 Å². The lowest BCUT2D eigenvalue weighted by molar-refractivity contribution is -0.122. The molecule has 3 rings (SSSR count). The predicted molar refractivity (Wildman–Crippen MR) is 78.9 cm³/mol. The molecule has 0 radical (unpaired) electrons. The topological polar surface area (TPSA) is 74.8 Å². The second-order valence-electron chi connectivity index (χ2n) is 5.15. The Morgan fingerprint density at radius 3 is 1.23 bits per heavy atom. The summed E-state index contributed by atoms with van der Waals surface area (Å²) in [6, 6.07) is 6.08. The first-order valence-corrected chi connectivity index (χ1v) is 6.60. The second-order valence-corrected chi connectivity index (χ2v) is 5.15. The zero-order chi connectivity index (χ0) is 16.0. The van der Waals surface area contributed by atoms with E-state index in [0.717, 1.165) is 9.80 Å². The van der Waals surface area contributed by atoms with Gasteiger partial charge in [-0.3, -0.25) is 19.2 Å². The molecule has 0 atom stereocenters. The van der Waals surface area contributed by atoms with Crippen LogP contribution in [0.25, 0.3) is 0 Å². The molecule has 22 heavy (non-hydrogen) atoms. The molecule has 2 heterocycles. The number of rotatable bonds is 2. The van der Waals surface area contributed by atoms with Crippen molar-refractivity contribution in [3.05, 3.63) is 48.6 Å². The maximum absolute atomic E-state index is 11.9. The monoisotopic (exact) mass is 296 g/mol. The molecule has 2 aliphatic rings. The zero-order valence-electron chi connectivity index (χ0n) is 11.7. The molecular formula is C16H12N2O4. The Morgan fingerprint density at radius 1 is 0.682 bits per heavy atom. The fourth-order valence-corrected chi connectivity index (χ4v) is 2.49. The van der Waals surface area contributed by atoms with Crippen LogP contribution < -0.4 is 9.80 Å². The van der Waals surface area contributed by atoms with E-state index >= 15 is 0 Å². The minimum Gasteiger partial charge on any atom is -0.274 e. The average molecular weight is 296 g/mol. The summed E-state index contributed by atoms with van der Waals surface area (Å²) in [4.78, 5) is 49.4. The molecule has 0 N–H and O–H groups in total. The molecule has 0 aliphatic carbocycles. The van der Waals surface area contributed by atoms with Crippen LogP contribution in [0.15, 0.2) is 48.6 Å². The van der Waals surface area contributed by atoms with Crippen LogP contribution in [-0.2, 0) is 19.2 Å². The summed E-state index contributed by atoms with van der Waals surface area (Å²) in [7, 11) is 0. The fraction of sp³-hybridized carbons (Fsp3) is 0.125. The zero-order valence-corrected chi connectivity index (χ0v) is 11.7. The number of hydrogen-bond donors (Lipinski definition) is 0. The minimum atomic E-state index is -0.431. The maximum atomic E-state index is 11.9. The maximum Gasteiger partial charge on any atom is 0.260 e. The van der Waals surface area contributed by atoms with Gasteiger partial charge in [0, 0.05) is 11.1 Å². The molecule has 4 amide bonds. The van der Waals surface area contributed by atoms with E-state index in [2.05, 4.69) is 13.2 Å². The third-order valence-corrected chi connectivity index (χ3v) is 3.61. The van der Waals surface area contributed by atoms with Gasteiger partial charge in [-0.25, -0.2) is 9.80 Å². The van der Waals surface area contributed by atoms with Gasteiger partial charge in [-0.2, -0.15) is 0 Å². The SMILES string of the molecule is C=C1CC(=O)N(c2ccc(N3C(=O)CC(=C)C3=O)cc2)C1=O. The number of amides is 4. The van der Waals surface area contributed by atoms with E-state index in [1.807, 2.05) is 0 Å². The summed E-state index contributed by atoms with van der Waals surface area (Å²) in [5.41, 5.74) is 1.26. The molecule has 0 bridgehead atoms. The van der Waals surface area contributed by atoms with Crippen molar-refractivity contribution in [3.8, 4) is 0 Å². The van der Waals surface area contributed by atoms with Gasteiger partial charge < -0.3 is 0 Å². The number of nitrogens with zero attached hydrogens (tertiary/aromatic N) is 2. The molecular weight excluding hydrogens is 284 g/mol. The molecule has 0 aromatic heterocycles. The molecule has 1 aromatic rings. The summed E-state index contributed by atoms with van der Waals surface area (Å²) < 4.78 is 0. The van der Waals surface area contributed by atoms with Crippen LogP contribution in [0.5, 0.6) is 0 Å². The predicted octanol–water partition coefficient (Wildman–Crippen LogP) is 1.33. The Hall–Kier alpha value is -3.02. The highest BCUT2D eigenvalue weighted by Crippen LogP contribution is 2.29. The molecule has 2 fully saturated rings. The van der Waals surface area contributed by atoms with E-state index in [-0.39, 0.29) is 35.8 Å². The molecule has 110 valence electrons. The largest absolute Gasteiger partial charge is 0.274 e. The van der Waals surface area contributed by atoms with Crippen molar-refractivity contribution in [1.29, 1.82) is 0 Å². The second kappa shape index (κ2) is 4.77. The summed E-state index contributed by atoms with van der Waals surface area (Å²) in [5, 5.41) is 0. The number of anilines is 2. The van der Waals surface area contributed by atoms with Gasteiger partial charge in [0.05, 0.1) is 24.2 Å². The van der Waals surface area contributed by atoms with Crippen LogP contribution >= 0.6 is 0 Å². The quantitative estimate of drug-likeness (QED) is 0.609. The molecule has 6 nitrogen and oxygen atoms in total. The summed E-state index contributed by atoms with van der Waals surface area (Å²) >= 11 is 0. The van der Waals surface area contributed by atoms with Gasteiger partial charge in [0.1, 0.15) is 0 Å². The summed E-state index contributed by atoms with van der Waals surface area (Å²) in [5.74, 6) is -1.55. The van der Waals surface area contributed by atoms with Crippen molar-refractivity contribution >= 4 is 35.0 Å². The lowest BCUT2D eigenvalue weighted by Gasteiger charge is -2.17. The van der Waals surface area contributed by atoms with E-state index < -0.39 is 11.8 Å². The number of benzene rings is 1. The van der Waals surface area contributed by atoms with Gasteiger partial charge in [-0.15, -0.1) is 0 Å². The van der Waals surface area contributed by atoms with E-state index in [4.69, 9.17) is 0 Å². The molecule has 0 spiro atoms. The van der Waals surface area contributed by atoms with Gasteiger partial charge in [0.25, 0.3) is 11.8 Å². The first kappa shape index (κ1) is 13.9. The fourth-order valence-electron chi connectivity index (χ4n) is 2.49. The Bertz CT molecular complexity index is 696. The first-order valence-electron chi connectivity index (χ1n) is 6.60. The Labute approximate surface area is 126 Å². The highest BCUT2D eigenvalue weighted by Gasteiger charge is 2.35. The van der Waals surface area contributed by atoms with Crippen molar-refractivity contribution in [1.82, 2.24) is 0 Å². The van der Waals surface area contributed by atoms with Crippen LogP contribution in [0.4, 0.5) is 11.4 Å². The van der Waals surface area contributed by atoms with Crippen LogP contribution in [0.3, 0.4) is 0 Å².